The highest BCUT2D eigenvalue weighted by Crippen LogP contribution is 2.18. The van der Waals surface area contributed by atoms with Crippen molar-refractivity contribution >= 4 is 15.9 Å². The molecule has 0 heterocycles. The van der Waals surface area contributed by atoms with Gasteiger partial charge in [0.2, 0.25) is 0 Å². The number of benzene rings is 1. The van der Waals surface area contributed by atoms with Gasteiger partial charge in [-0.1, -0.05) is 41.4 Å². The van der Waals surface area contributed by atoms with Crippen LogP contribution < -0.4 is 5.32 Å². The van der Waals surface area contributed by atoms with E-state index in [4.69, 9.17) is 0 Å². The number of rotatable bonds is 6. The Hall–Kier alpha value is -0.380. The van der Waals surface area contributed by atoms with Gasteiger partial charge in [0.15, 0.2) is 0 Å². The molecule has 1 aromatic rings. The Bertz CT molecular complexity index is 335. The van der Waals surface area contributed by atoms with Gasteiger partial charge in [0, 0.05) is 17.1 Å². The summed E-state index contributed by atoms with van der Waals surface area (Å²) in [4.78, 5) is 0. The predicted octanol–water partition coefficient (Wildman–Crippen LogP) is 3.65. The van der Waals surface area contributed by atoms with Crippen LogP contribution >= 0.6 is 15.9 Å². The molecule has 2 atom stereocenters. The summed E-state index contributed by atoms with van der Waals surface area (Å²) in [6, 6.07) is 8.52. The van der Waals surface area contributed by atoms with Gasteiger partial charge < -0.3 is 10.4 Å². The Labute approximate surface area is 113 Å². The minimum Gasteiger partial charge on any atom is -0.389 e. The quantitative estimate of drug-likeness (QED) is 0.840. The van der Waals surface area contributed by atoms with Crippen LogP contribution in [0.1, 0.15) is 45.2 Å². The van der Waals surface area contributed by atoms with E-state index < -0.39 is 5.60 Å². The van der Waals surface area contributed by atoms with Gasteiger partial charge in [-0.05, 0) is 38.0 Å². The van der Waals surface area contributed by atoms with Crippen LogP contribution in [-0.4, -0.2) is 17.3 Å². The molecule has 0 bridgehead atoms. The monoisotopic (exact) mass is 299 g/mol. The summed E-state index contributed by atoms with van der Waals surface area (Å²) in [5, 5.41) is 13.5. The first-order valence-corrected chi connectivity index (χ1v) is 6.95. The van der Waals surface area contributed by atoms with Gasteiger partial charge in [-0.2, -0.15) is 0 Å². The number of hydrogen-bond acceptors (Lipinski definition) is 2. The molecule has 2 unspecified atom stereocenters. The SMILES string of the molecule is CCCC(C)(O)CNC(C)c1ccc(Br)cc1. The van der Waals surface area contributed by atoms with Gasteiger partial charge in [-0.3, -0.25) is 0 Å². The molecule has 96 valence electrons. The number of halogens is 1. The summed E-state index contributed by atoms with van der Waals surface area (Å²) in [5.74, 6) is 0. The van der Waals surface area contributed by atoms with Crippen LogP contribution in [0.15, 0.2) is 28.7 Å². The van der Waals surface area contributed by atoms with Gasteiger partial charge in [-0.25, -0.2) is 0 Å². The fourth-order valence-electron chi connectivity index (χ4n) is 1.87. The van der Waals surface area contributed by atoms with Crippen molar-refractivity contribution in [2.75, 3.05) is 6.54 Å². The molecule has 0 spiro atoms. The summed E-state index contributed by atoms with van der Waals surface area (Å²) < 4.78 is 1.09. The maximum Gasteiger partial charge on any atom is 0.0743 e. The van der Waals surface area contributed by atoms with Crippen molar-refractivity contribution in [3.63, 3.8) is 0 Å². The molecule has 1 aromatic carbocycles. The molecule has 0 saturated heterocycles. The zero-order chi connectivity index (χ0) is 12.9. The lowest BCUT2D eigenvalue weighted by Gasteiger charge is -2.25. The van der Waals surface area contributed by atoms with E-state index in [1.54, 1.807) is 0 Å². The van der Waals surface area contributed by atoms with Gasteiger partial charge in [0.05, 0.1) is 5.60 Å². The Morgan fingerprint density at radius 3 is 2.47 bits per heavy atom. The van der Waals surface area contributed by atoms with Crippen molar-refractivity contribution in [1.82, 2.24) is 5.32 Å². The van der Waals surface area contributed by atoms with Crippen LogP contribution in [0.25, 0.3) is 0 Å². The van der Waals surface area contributed by atoms with E-state index in [2.05, 4.69) is 47.2 Å². The minimum absolute atomic E-state index is 0.256. The first-order chi connectivity index (χ1) is 7.94. The van der Waals surface area contributed by atoms with Crippen LogP contribution in [0.2, 0.25) is 0 Å². The minimum atomic E-state index is -0.613. The van der Waals surface area contributed by atoms with Crippen molar-refractivity contribution in [3.8, 4) is 0 Å². The van der Waals surface area contributed by atoms with Gasteiger partial charge >= 0.3 is 0 Å². The summed E-state index contributed by atoms with van der Waals surface area (Å²) in [7, 11) is 0. The second kappa shape index (κ2) is 6.53. The zero-order valence-electron chi connectivity index (χ0n) is 10.8. The molecule has 3 heteroatoms. The van der Waals surface area contributed by atoms with E-state index >= 15 is 0 Å². The molecular weight excluding hydrogens is 278 g/mol. The predicted molar refractivity (Wildman–Crippen MR) is 76.1 cm³/mol. The van der Waals surface area contributed by atoms with E-state index in [9.17, 15) is 5.11 Å². The van der Waals surface area contributed by atoms with E-state index in [0.29, 0.717) is 6.54 Å². The highest BCUT2D eigenvalue weighted by Gasteiger charge is 2.19. The van der Waals surface area contributed by atoms with Crippen LogP contribution in [-0.2, 0) is 0 Å². The first-order valence-electron chi connectivity index (χ1n) is 6.16. The molecule has 17 heavy (non-hydrogen) atoms. The maximum atomic E-state index is 10.1. The fraction of sp³-hybridized carbons (Fsp3) is 0.571. The highest BCUT2D eigenvalue weighted by atomic mass is 79.9. The molecule has 2 N–H and O–H groups in total. The normalized spacial score (nSPS) is 16.5. The molecule has 0 fully saturated rings. The van der Waals surface area contributed by atoms with Crippen molar-refractivity contribution in [3.05, 3.63) is 34.3 Å². The Balaban J connectivity index is 2.49. The van der Waals surface area contributed by atoms with Crippen molar-refractivity contribution in [1.29, 1.82) is 0 Å². The maximum absolute atomic E-state index is 10.1. The van der Waals surface area contributed by atoms with Crippen LogP contribution in [0.3, 0.4) is 0 Å². The third-order valence-corrected chi connectivity index (χ3v) is 3.48. The zero-order valence-corrected chi connectivity index (χ0v) is 12.4. The molecule has 2 nitrogen and oxygen atoms in total. The van der Waals surface area contributed by atoms with E-state index in [-0.39, 0.29) is 6.04 Å². The fourth-order valence-corrected chi connectivity index (χ4v) is 2.13. The second-order valence-electron chi connectivity index (χ2n) is 4.90. The Morgan fingerprint density at radius 2 is 1.94 bits per heavy atom. The molecule has 0 aliphatic heterocycles. The van der Waals surface area contributed by atoms with Crippen molar-refractivity contribution in [2.24, 2.45) is 0 Å². The largest absolute Gasteiger partial charge is 0.389 e. The third kappa shape index (κ3) is 5.19. The number of hydrogen-bond donors (Lipinski definition) is 2. The second-order valence-corrected chi connectivity index (χ2v) is 5.82. The standard InChI is InChI=1S/C14H22BrNO/c1-4-9-14(3,17)10-16-11(2)12-5-7-13(15)8-6-12/h5-8,11,16-17H,4,9-10H2,1-3H3. The molecule has 1 rings (SSSR count). The van der Waals surface area contributed by atoms with Crippen LogP contribution in [0.4, 0.5) is 0 Å². The molecule has 0 amide bonds. The Kier molecular flexibility index (Phi) is 5.63. The lowest BCUT2D eigenvalue weighted by molar-refractivity contribution is 0.0477. The van der Waals surface area contributed by atoms with E-state index in [0.717, 1.165) is 17.3 Å². The Morgan fingerprint density at radius 1 is 1.35 bits per heavy atom. The van der Waals surface area contributed by atoms with Crippen LogP contribution in [0, 0.1) is 0 Å². The molecule has 0 aliphatic carbocycles. The topological polar surface area (TPSA) is 32.3 Å². The smallest absolute Gasteiger partial charge is 0.0743 e. The number of aliphatic hydroxyl groups is 1. The van der Waals surface area contributed by atoms with Crippen LogP contribution in [0.5, 0.6) is 0 Å². The molecule has 0 aromatic heterocycles. The van der Waals surface area contributed by atoms with Gasteiger partial charge in [0.25, 0.3) is 0 Å². The first kappa shape index (κ1) is 14.7. The summed E-state index contributed by atoms with van der Waals surface area (Å²) in [6.45, 7) is 6.72. The van der Waals surface area contributed by atoms with Crippen molar-refractivity contribution in [2.45, 2.75) is 45.3 Å². The highest BCUT2D eigenvalue weighted by molar-refractivity contribution is 9.10. The molecular formula is C14H22BrNO. The average molecular weight is 300 g/mol. The summed E-state index contributed by atoms with van der Waals surface area (Å²) in [6.07, 6.45) is 1.83. The van der Waals surface area contributed by atoms with E-state index in [1.165, 1.54) is 5.56 Å². The van der Waals surface area contributed by atoms with Gasteiger partial charge in [0.1, 0.15) is 0 Å². The summed E-state index contributed by atoms with van der Waals surface area (Å²) in [5.41, 5.74) is 0.624. The lowest BCUT2D eigenvalue weighted by atomic mass is 9.99. The van der Waals surface area contributed by atoms with Gasteiger partial charge in [-0.15, -0.1) is 0 Å². The molecule has 0 radical (unpaired) electrons. The van der Waals surface area contributed by atoms with E-state index in [1.807, 2.05) is 19.1 Å². The third-order valence-electron chi connectivity index (χ3n) is 2.95. The molecule has 0 aliphatic rings. The lowest BCUT2D eigenvalue weighted by Crippen LogP contribution is -2.38. The van der Waals surface area contributed by atoms with Crippen molar-refractivity contribution < 1.29 is 5.11 Å². The summed E-state index contributed by atoms with van der Waals surface area (Å²) >= 11 is 3.43. The molecule has 0 saturated carbocycles. The average Bonchev–Trinajstić information content (AvgIpc) is 2.27. The number of nitrogens with one attached hydrogen (secondary N) is 1.